The molecule has 0 radical (unpaired) electrons. The van der Waals surface area contributed by atoms with E-state index in [9.17, 15) is 0 Å². The second-order valence-corrected chi connectivity index (χ2v) is 8.05. The van der Waals surface area contributed by atoms with Crippen molar-refractivity contribution in [3.8, 4) is 10.4 Å². The summed E-state index contributed by atoms with van der Waals surface area (Å²) in [5.41, 5.74) is 1.32. The van der Waals surface area contributed by atoms with Crippen molar-refractivity contribution in [1.29, 1.82) is 0 Å². The fourth-order valence-electron chi connectivity index (χ4n) is 4.12. The molecule has 0 saturated heterocycles. The molecule has 1 heterocycles. The third kappa shape index (κ3) is 2.36. The maximum Gasteiger partial charge on any atom is 0.0348 e. The fraction of sp³-hybridized carbons (Fsp3) is 0. The van der Waals surface area contributed by atoms with E-state index >= 15 is 0 Å². The number of hydrogen-bond donors (Lipinski definition) is 0. The van der Waals surface area contributed by atoms with Crippen LogP contribution in [0.15, 0.2) is 96.4 Å². The minimum Gasteiger partial charge on any atom is -0.144 e. The number of benzene rings is 5. The van der Waals surface area contributed by atoms with Crippen molar-refractivity contribution in [2.24, 2.45) is 0 Å². The van der Waals surface area contributed by atoms with E-state index in [2.05, 4.69) is 96.4 Å². The lowest BCUT2D eigenvalue weighted by atomic mass is 9.95. The molecule has 0 fully saturated rings. The smallest absolute Gasteiger partial charge is 0.0348 e. The van der Waals surface area contributed by atoms with Gasteiger partial charge in [0.05, 0.1) is 0 Å². The van der Waals surface area contributed by atoms with Gasteiger partial charge >= 0.3 is 0 Å². The Morgan fingerprint density at radius 3 is 1.70 bits per heavy atom. The van der Waals surface area contributed by atoms with Gasteiger partial charge in [0.2, 0.25) is 0 Å². The van der Waals surface area contributed by atoms with Crippen LogP contribution in [0.2, 0.25) is 0 Å². The summed E-state index contributed by atoms with van der Waals surface area (Å²) in [5, 5.41) is 12.6. The van der Waals surface area contributed by atoms with Crippen LogP contribution in [0, 0.1) is 0 Å². The third-order valence-electron chi connectivity index (χ3n) is 5.44. The molecule has 6 rings (SSSR count). The van der Waals surface area contributed by atoms with Crippen LogP contribution >= 0.6 is 11.3 Å². The minimum absolute atomic E-state index is 1.30. The number of fused-ring (bicyclic) bond motifs is 4. The zero-order chi connectivity index (χ0) is 17.8. The fourth-order valence-corrected chi connectivity index (χ4v) is 4.88. The van der Waals surface area contributed by atoms with Crippen LogP contribution in [0.25, 0.3) is 53.5 Å². The number of thiophene rings is 1. The van der Waals surface area contributed by atoms with Gasteiger partial charge in [0.1, 0.15) is 0 Å². The predicted octanol–water partition coefficient (Wildman–Crippen LogP) is 8.03. The second kappa shape index (κ2) is 5.67. The second-order valence-electron chi connectivity index (χ2n) is 7.10. The van der Waals surface area contributed by atoms with Crippen LogP contribution in [0.4, 0.5) is 0 Å². The van der Waals surface area contributed by atoms with Crippen molar-refractivity contribution < 1.29 is 0 Å². The molecule has 0 atom stereocenters. The molecule has 0 unspecified atom stereocenters. The van der Waals surface area contributed by atoms with Crippen LogP contribution in [-0.2, 0) is 0 Å². The predicted molar refractivity (Wildman–Crippen MR) is 120 cm³/mol. The van der Waals surface area contributed by atoms with Gasteiger partial charge in [-0.05, 0) is 96.5 Å². The summed E-state index contributed by atoms with van der Waals surface area (Å²) in [7, 11) is 0. The first kappa shape index (κ1) is 15.0. The van der Waals surface area contributed by atoms with Crippen molar-refractivity contribution in [2.75, 3.05) is 0 Å². The summed E-state index contributed by atoms with van der Waals surface area (Å²) in [6, 6.07) is 33.5. The van der Waals surface area contributed by atoms with Gasteiger partial charge in [-0.25, -0.2) is 0 Å². The Bertz CT molecular complexity index is 1460. The van der Waals surface area contributed by atoms with Gasteiger partial charge in [-0.2, -0.15) is 0 Å². The lowest BCUT2D eigenvalue weighted by molar-refractivity contribution is 1.76. The SMILES string of the molecule is c1csc(-c2cccc3cc4cc5cc6ccccc6cc5cc4cc23)c1. The van der Waals surface area contributed by atoms with Crippen LogP contribution < -0.4 is 0 Å². The van der Waals surface area contributed by atoms with Crippen LogP contribution in [0.5, 0.6) is 0 Å². The van der Waals surface area contributed by atoms with E-state index in [4.69, 9.17) is 0 Å². The topological polar surface area (TPSA) is 0 Å². The molecule has 0 aliphatic heterocycles. The molecule has 1 heteroatoms. The number of hydrogen-bond acceptors (Lipinski definition) is 1. The maximum atomic E-state index is 2.36. The Labute approximate surface area is 161 Å². The van der Waals surface area contributed by atoms with Gasteiger partial charge in [-0.1, -0.05) is 48.5 Å². The molecule has 0 N–H and O–H groups in total. The molecule has 0 nitrogen and oxygen atoms in total. The normalized spacial score (nSPS) is 11.7. The van der Waals surface area contributed by atoms with Crippen molar-refractivity contribution >= 4 is 54.4 Å². The quantitative estimate of drug-likeness (QED) is 0.260. The van der Waals surface area contributed by atoms with Crippen LogP contribution in [0.3, 0.4) is 0 Å². The lowest BCUT2D eigenvalue weighted by Crippen LogP contribution is -1.82. The van der Waals surface area contributed by atoms with E-state index in [0.29, 0.717) is 0 Å². The Balaban J connectivity index is 1.70. The molecule has 126 valence electrons. The Morgan fingerprint density at radius 2 is 1.04 bits per heavy atom. The zero-order valence-corrected chi connectivity index (χ0v) is 15.5. The molecule has 6 aromatic rings. The molecular formula is C26H16S. The summed E-state index contributed by atoms with van der Waals surface area (Å²) >= 11 is 1.80. The molecular weight excluding hydrogens is 344 g/mol. The average molecular weight is 360 g/mol. The highest BCUT2D eigenvalue weighted by atomic mass is 32.1. The first-order valence-electron chi connectivity index (χ1n) is 9.18. The van der Waals surface area contributed by atoms with Crippen molar-refractivity contribution in [2.45, 2.75) is 0 Å². The van der Waals surface area contributed by atoms with Gasteiger partial charge in [-0.3, -0.25) is 0 Å². The first-order valence-corrected chi connectivity index (χ1v) is 10.1. The molecule has 0 amide bonds. The highest BCUT2D eigenvalue weighted by Crippen LogP contribution is 2.35. The highest BCUT2D eigenvalue weighted by Gasteiger charge is 2.07. The Kier molecular flexibility index (Phi) is 3.14. The highest BCUT2D eigenvalue weighted by molar-refractivity contribution is 7.13. The Hall–Kier alpha value is -3.16. The standard InChI is InChI=1S/C26H16S/c1-2-6-18-12-21-15-23-16-25-19(7-3-8-24(25)26-9-4-10-27-26)13-22(23)14-20(21)11-17(18)5-1/h1-16H. The molecule has 0 spiro atoms. The summed E-state index contributed by atoms with van der Waals surface area (Å²) in [6.45, 7) is 0. The van der Waals surface area contributed by atoms with E-state index < -0.39 is 0 Å². The summed E-state index contributed by atoms with van der Waals surface area (Å²) in [4.78, 5) is 1.33. The minimum atomic E-state index is 1.30. The van der Waals surface area contributed by atoms with Gasteiger partial charge < -0.3 is 0 Å². The molecule has 0 aliphatic carbocycles. The van der Waals surface area contributed by atoms with E-state index in [0.717, 1.165) is 0 Å². The zero-order valence-electron chi connectivity index (χ0n) is 14.6. The van der Waals surface area contributed by atoms with Gasteiger partial charge in [0.15, 0.2) is 0 Å². The maximum absolute atomic E-state index is 2.36. The van der Waals surface area contributed by atoms with Gasteiger partial charge in [0, 0.05) is 4.88 Å². The van der Waals surface area contributed by atoms with Gasteiger partial charge in [0.25, 0.3) is 0 Å². The summed E-state index contributed by atoms with van der Waals surface area (Å²) in [6.07, 6.45) is 0. The van der Waals surface area contributed by atoms with Crippen molar-refractivity contribution in [3.05, 3.63) is 96.4 Å². The lowest BCUT2D eigenvalue weighted by Gasteiger charge is -2.09. The largest absolute Gasteiger partial charge is 0.144 e. The van der Waals surface area contributed by atoms with E-state index in [-0.39, 0.29) is 0 Å². The van der Waals surface area contributed by atoms with E-state index in [1.165, 1.54) is 53.5 Å². The van der Waals surface area contributed by atoms with Crippen LogP contribution in [0.1, 0.15) is 0 Å². The molecule has 0 bridgehead atoms. The first-order chi connectivity index (χ1) is 13.3. The summed E-state index contributed by atoms with van der Waals surface area (Å²) in [5.74, 6) is 0. The Morgan fingerprint density at radius 1 is 0.444 bits per heavy atom. The van der Waals surface area contributed by atoms with Crippen molar-refractivity contribution in [1.82, 2.24) is 0 Å². The molecule has 5 aromatic carbocycles. The monoisotopic (exact) mass is 360 g/mol. The average Bonchev–Trinajstić information content (AvgIpc) is 3.23. The van der Waals surface area contributed by atoms with Crippen LogP contribution in [-0.4, -0.2) is 0 Å². The molecule has 0 saturated carbocycles. The number of rotatable bonds is 1. The van der Waals surface area contributed by atoms with E-state index in [1.54, 1.807) is 11.3 Å². The van der Waals surface area contributed by atoms with Gasteiger partial charge in [-0.15, -0.1) is 11.3 Å². The molecule has 27 heavy (non-hydrogen) atoms. The molecule has 1 aromatic heterocycles. The summed E-state index contributed by atoms with van der Waals surface area (Å²) < 4.78 is 0. The third-order valence-corrected chi connectivity index (χ3v) is 6.35. The van der Waals surface area contributed by atoms with E-state index in [1.807, 2.05) is 0 Å². The van der Waals surface area contributed by atoms with Crippen molar-refractivity contribution in [3.63, 3.8) is 0 Å². The molecule has 0 aliphatic rings.